The first-order valence-corrected chi connectivity index (χ1v) is 6.76. The highest BCUT2D eigenvalue weighted by Crippen LogP contribution is 2.33. The zero-order valence-corrected chi connectivity index (χ0v) is 11.0. The average molecular weight is 254 g/mol. The number of aliphatic carboxylic acids is 1. The predicted molar refractivity (Wildman–Crippen MR) is 67.1 cm³/mol. The van der Waals surface area contributed by atoms with E-state index in [4.69, 9.17) is 5.11 Å². The maximum absolute atomic E-state index is 12.1. The predicted octanol–water partition coefficient (Wildman–Crippen LogP) is 0.742. The largest absolute Gasteiger partial charge is 0.480 e. The van der Waals surface area contributed by atoms with E-state index in [0.717, 1.165) is 19.3 Å². The van der Waals surface area contributed by atoms with Gasteiger partial charge in [-0.2, -0.15) is 0 Å². The molecule has 102 valence electrons. The first kappa shape index (κ1) is 13.3. The van der Waals surface area contributed by atoms with Crippen molar-refractivity contribution >= 4 is 11.9 Å². The van der Waals surface area contributed by atoms with Gasteiger partial charge in [0.1, 0.15) is 6.04 Å². The molecule has 2 fully saturated rings. The number of hydrogen-bond acceptors (Lipinski definition) is 3. The van der Waals surface area contributed by atoms with Crippen molar-refractivity contribution in [2.75, 3.05) is 0 Å². The van der Waals surface area contributed by atoms with Crippen LogP contribution in [0.5, 0.6) is 0 Å². The monoisotopic (exact) mass is 254 g/mol. The number of amides is 1. The molecule has 0 spiro atoms. The lowest BCUT2D eigenvalue weighted by Crippen LogP contribution is -2.46. The quantitative estimate of drug-likeness (QED) is 0.676. The minimum atomic E-state index is -0.937. The molecule has 4 unspecified atom stereocenters. The van der Waals surface area contributed by atoms with Gasteiger partial charge < -0.3 is 15.7 Å². The Morgan fingerprint density at radius 2 is 2.11 bits per heavy atom. The minimum absolute atomic E-state index is 0.0437. The third-order valence-electron chi connectivity index (χ3n) is 3.96. The van der Waals surface area contributed by atoms with Gasteiger partial charge in [0.2, 0.25) is 5.91 Å². The number of nitrogens with one attached hydrogen (secondary N) is 2. The van der Waals surface area contributed by atoms with Crippen LogP contribution in [0.4, 0.5) is 0 Å². The highest BCUT2D eigenvalue weighted by atomic mass is 16.4. The van der Waals surface area contributed by atoms with E-state index >= 15 is 0 Å². The van der Waals surface area contributed by atoms with Crippen molar-refractivity contribution in [3.05, 3.63) is 0 Å². The van der Waals surface area contributed by atoms with Crippen molar-refractivity contribution < 1.29 is 14.7 Å². The van der Waals surface area contributed by atoms with E-state index in [2.05, 4.69) is 10.6 Å². The van der Waals surface area contributed by atoms with E-state index in [0.29, 0.717) is 12.5 Å². The maximum Gasteiger partial charge on any atom is 0.326 e. The maximum atomic E-state index is 12.1. The highest BCUT2D eigenvalue weighted by Gasteiger charge is 2.43. The van der Waals surface area contributed by atoms with Gasteiger partial charge in [-0.1, -0.05) is 13.8 Å². The third kappa shape index (κ3) is 2.83. The first-order valence-electron chi connectivity index (χ1n) is 6.76. The zero-order valence-electron chi connectivity index (χ0n) is 11.0. The molecule has 2 rings (SSSR count). The molecule has 3 N–H and O–H groups in total. The van der Waals surface area contributed by atoms with Crippen molar-refractivity contribution in [1.82, 2.24) is 10.6 Å². The second-order valence-corrected chi connectivity index (χ2v) is 5.92. The Labute approximate surface area is 107 Å². The number of fused-ring (bicyclic) bond motifs is 2. The Morgan fingerprint density at radius 1 is 1.39 bits per heavy atom. The molecule has 2 aliphatic heterocycles. The molecule has 2 aliphatic rings. The third-order valence-corrected chi connectivity index (χ3v) is 3.96. The van der Waals surface area contributed by atoms with Crippen LogP contribution in [0.3, 0.4) is 0 Å². The SMILES string of the molecule is CC(C)CC(NC(=O)C1CC2CCC1N2)C(=O)O. The number of carbonyl (C=O) groups excluding carboxylic acids is 1. The molecule has 0 radical (unpaired) electrons. The Morgan fingerprint density at radius 3 is 2.56 bits per heavy atom. The smallest absolute Gasteiger partial charge is 0.326 e. The van der Waals surface area contributed by atoms with Gasteiger partial charge in [0.05, 0.1) is 5.92 Å². The van der Waals surface area contributed by atoms with Gasteiger partial charge in [-0.25, -0.2) is 4.79 Å². The number of carboxylic acid groups (broad SMARTS) is 1. The summed E-state index contributed by atoms with van der Waals surface area (Å²) in [5, 5.41) is 15.2. The molecule has 0 aliphatic carbocycles. The van der Waals surface area contributed by atoms with E-state index in [1.54, 1.807) is 0 Å². The number of rotatable bonds is 5. The molecule has 2 heterocycles. The fraction of sp³-hybridized carbons (Fsp3) is 0.846. The van der Waals surface area contributed by atoms with Crippen LogP contribution >= 0.6 is 0 Å². The molecule has 0 saturated carbocycles. The summed E-state index contributed by atoms with van der Waals surface area (Å²) >= 11 is 0. The first-order chi connectivity index (χ1) is 8.47. The summed E-state index contributed by atoms with van der Waals surface area (Å²) in [5.41, 5.74) is 0. The van der Waals surface area contributed by atoms with Gasteiger partial charge in [0, 0.05) is 12.1 Å². The van der Waals surface area contributed by atoms with Crippen LogP contribution in [0.15, 0.2) is 0 Å². The van der Waals surface area contributed by atoms with Crippen LogP contribution in [0, 0.1) is 11.8 Å². The normalized spacial score (nSPS) is 31.6. The Kier molecular flexibility index (Phi) is 3.90. The Hall–Kier alpha value is -1.10. The summed E-state index contributed by atoms with van der Waals surface area (Å²) in [4.78, 5) is 23.2. The summed E-state index contributed by atoms with van der Waals surface area (Å²) in [6.45, 7) is 3.92. The van der Waals surface area contributed by atoms with Crippen molar-refractivity contribution in [3.63, 3.8) is 0 Å². The summed E-state index contributed by atoms with van der Waals surface area (Å²) in [5.74, 6) is -0.821. The van der Waals surface area contributed by atoms with Gasteiger partial charge in [-0.05, 0) is 31.6 Å². The van der Waals surface area contributed by atoms with Crippen LogP contribution in [-0.2, 0) is 9.59 Å². The molecule has 4 atom stereocenters. The summed E-state index contributed by atoms with van der Waals surface area (Å²) in [7, 11) is 0. The lowest BCUT2D eigenvalue weighted by atomic mass is 9.88. The molecule has 5 nitrogen and oxygen atoms in total. The summed E-state index contributed by atoms with van der Waals surface area (Å²) in [6.07, 6.45) is 3.51. The van der Waals surface area contributed by atoms with E-state index in [9.17, 15) is 9.59 Å². The van der Waals surface area contributed by atoms with E-state index in [1.807, 2.05) is 13.8 Å². The van der Waals surface area contributed by atoms with Gasteiger partial charge in [0.25, 0.3) is 0 Å². The molecular weight excluding hydrogens is 232 g/mol. The van der Waals surface area contributed by atoms with E-state index in [-0.39, 0.29) is 23.8 Å². The van der Waals surface area contributed by atoms with E-state index in [1.165, 1.54) is 0 Å². The van der Waals surface area contributed by atoms with Crippen molar-refractivity contribution in [2.24, 2.45) is 11.8 Å². The molecular formula is C13H22N2O3. The fourth-order valence-corrected chi connectivity index (χ4v) is 3.09. The van der Waals surface area contributed by atoms with Crippen LogP contribution in [-0.4, -0.2) is 35.1 Å². The molecule has 0 aromatic carbocycles. The van der Waals surface area contributed by atoms with Crippen LogP contribution in [0.25, 0.3) is 0 Å². The zero-order chi connectivity index (χ0) is 13.3. The Balaban J connectivity index is 1.91. The van der Waals surface area contributed by atoms with Crippen LogP contribution < -0.4 is 10.6 Å². The second-order valence-electron chi connectivity index (χ2n) is 5.92. The van der Waals surface area contributed by atoms with Crippen LogP contribution in [0.2, 0.25) is 0 Å². The second kappa shape index (κ2) is 5.26. The molecule has 1 amide bonds. The topological polar surface area (TPSA) is 78.4 Å². The number of hydrogen-bond donors (Lipinski definition) is 3. The standard InChI is InChI=1S/C13H22N2O3/c1-7(2)5-11(13(17)18)15-12(16)9-6-8-3-4-10(9)14-8/h7-11,14H,3-6H2,1-2H3,(H,15,16)(H,17,18). The van der Waals surface area contributed by atoms with Gasteiger partial charge in [-0.3, -0.25) is 4.79 Å². The Bertz CT molecular complexity index is 343. The molecule has 2 saturated heterocycles. The van der Waals surface area contributed by atoms with Crippen molar-refractivity contribution in [1.29, 1.82) is 0 Å². The highest BCUT2D eigenvalue weighted by molar-refractivity contribution is 5.85. The van der Waals surface area contributed by atoms with Crippen molar-refractivity contribution in [2.45, 2.75) is 57.7 Å². The average Bonchev–Trinajstić information content (AvgIpc) is 2.88. The molecule has 0 aromatic heterocycles. The molecule has 2 bridgehead atoms. The lowest BCUT2D eigenvalue weighted by molar-refractivity contribution is -0.143. The molecule has 5 heteroatoms. The van der Waals surface area contributed by atoms with Gasteiger partial charge in [0.15, 0.2) is 0 Å². The van der Waals surface area contributed by atoms with Gasteiger partial charge >= 0.3 is 5.97 Å². The minimum Gasteiger partial charge on any atom is -0.480 e. The van der Waals surface area contributed by atoms with Crippen LogP contribution in [0.1, 0.15) is 39.5 Å². The molecule has 18 heavy (non-hydrogen) atoms. The van der Waals surface area contributed by atoms with E-state index < -0.39 is 12.0 Å². The number of carboxylic acids is 1. The summed E-state index contributed by atoms with van der Waals surface area (Å²) in [6, 6.07) is -0.0424. The number of carbonyl (C=O) groups is 2. The van der Waals surface area contributed by atoms with Gasteiger partial charge in [-0.15, -0.1) is 0 Å². The molecule has 0 aromatic rings. The summed E-state index contributed by atoms with van der Waals surface area (Å²) < 4.78 is 0. The fourth-order valence-electron chi connectivity index (χ4n) is 3.09. The lowest BCUT2D eigenvalue weighted by Gasteiger charge is -2.23. The van der Waals surface area contributed by atoms with Crippen molar-refractivity contribution in [3.8, 4) is 0 Å².